The molecule has 0 fully saturated rings. The van der Waals surface area contributed by atoms with Crippen LogP contribution in [-0.2, 0) is 4.79 Å². The number of hydroxylamine groups is 2. The van der Waals surface area contributed by atoms with E-state index in [9.17, 15) is 9.90 Å². The van der Waals surface area contributed by atoms with E-state index in [4.69, 9.17) is 10.4 Å². The van der Waals surface area contributed by atoms with Gasteiger partial charge >= 0.3 is 29.6 Å². The monoisotopic (exact) mass is 129 g/mol. The fourth-order valence-electron chi connectivity index (χ4n) is 0.115. The third-order valence-corrected chi connectivity index (χ3v) is 0.271. The summed E-state index contributed by atoms with van der Waals surface area (Å²) in [5.74, 6) is -1.54. The van der Waals surface area contributed by atoms with Gasteiger partial charge in [-0.3, -0.25) is 10.4 Å². The van der Waals surface area contributed by atoms with Gasteiger partial charge in [0.2, 0.25) is 0 Å². The Morgan fingerprint density at radius 1 is 1.62 bits per heavy atom. The molecule has 0 saturated carbocycles. The predicted molar refractivity (Wildman–Crippen MR) is 15.3 cm³/mol. The molecule has 0 spiro atoms. The summed E-state index contributed by atoms with van der Waals surface area (Å²) in [6, 6.07) is 0. The van der Waals surface area contributed by atoms with E-state index in [2.05, 4.69) is 0 Å². The molecule has 0 radical (unpaired) electrons. The molecule has 0 aromatic rings. The van der Waals surface area contributed by atoms with E-state index in [1.165, 1.54) is 0 Å². The molecule has 0 aliphatic heterocycles. The van der Waals surface area contributed by atoms with Crippen LogP contribution in [-0.4, -0.2) is 28.2 Å². The summed E-state index contributed by atoms with van der Waals surface area (Å²) in [5.41, 5.74) is 0. The molecule has 0 atom stereocenters. The molecule has 0 aromatic heterocycles. The largest absolute Gasteiger partial charge is 1.00 e. The van der Waals surface area contributed by atoms with Crippen molar-refractivity contribution in [3.05, 3.63) is 0 Å². The first-order valence-electron chi connectivity index (χ1n) is 1.48. The van der Waals surface area contributed by atoms with Crippen molar-refractivity contribution in [2.75, 3.05) is 6.54 Å². The Bertz CT molecular complexity index is 74.4. The Labute approximate surface area is 67.7 Å². The molecule has 0 saturated heterocycles. The van der Waals surface area contributed by atoms with E-state index in [1.807, 2.05) is 0 Å². The van der Waals surface area contributed by atoms with Crippen molar-refractivity contribution < 1.29 is 49.9 Å². The number of nitrogens with zero attached hydrogens (tertiary/aromatic N) is 1. The Kier molecular flexibility index (Phi) is 7.67. The number of rotatable bonds is 2. The van der Waals surface area contributed by atoms with E-state index < -0.39 is 17.7 Å². The van der Waals surface area contributed by atoms with Crippen molar-refractivity contribution in [2.24, 2.45) is 0 Å². The fraction of sp³-hybridized carbons (Fsp3) is 0.500. The van der Waals surface area contributed by atoms with Crippen LogP contribution in [0.2, 0.25) is 0 Å². The third-order valence-electron chi connectivity index (χ3n) is 0.271. The maximum Gasteiger partial charge on any atom is 1.00 e. The molecule has 0 heterocycles. The average Bonchev–Trinajstić information content (AvgIpc) is 1.27. The zero-order valence-corrected chi connectivity index (χ0v) is 6.37. The maximum atomic E-state index is 9.34. The summed E-state index contributed by atoms with van der Waals surface area (Å²) in [5, 5.41) is 24.3. The summed E-state index contributed by atoms with van der Waals surface area (Å²) in [6.45, 7) is -0.889. The zero-order chi connectivity index (χ0) is 5.86. The van der Waals surface area contributed by atoms with Crippen LogP contribution in [0.1, 0.15) is 0 Å². The minimum Gasteiger partial charge on any atom is -0.549 e. The molecular formula is C2H4NNaO4. The molecule has 5 nitrogen and oxygen atoms in total. The maximum absolute atomic E-state index is 9.34. The van der Waals surface area contributed by atoms with E-state index in [-0.39, 0.29) is 29.6 Å². The number of hydrogen-bond acceptors (Lipinski definition) is 5. The number of carboxylic acid groups (broad SMARTS) is 1. The van der Waals surface area contributed by atoms with Crippen molar-refractivity contribution in [2.45, 2.75) is 0 Å². The number of carboxylic acids is 1. The molecule has 2 N–H and O–H groups in total. The van der Waals surface area contributed by atoms with E-state index in [0.717, 1.165) is 0 Å². The van der Waals surface area contributed by atoms with Gasteiger partial charge in [0.1, 0.15) is 0 Å². The van der Waals surface area contributed by atoms with Gasteiger partial charge in [0.25, 0.3) is 0 Å². The molecule has 42 valence electrons. The summed E-state index contributed by atoms with van der Waals surface area (Å²) in [6.07, 6.45) is 0. The van der Waals surface area contributed by atoms with Gasteiger partial charge in [0.05, 0.1) is 12.5 Å². The van der Waals surface area contributed by atoms with Crippen LogP contribution in [0.25, 0.3) is 0 Å². The predicted octanol–water partition coefficient (Wildman–Crippen LogP) is -5.18. The topological polar surface area (TPSA) is 83.8 Å². The molecule has 0 rings (SSSR count). The molecule has 0 aliphatic carbocycles. The summed E-state index contributed by atoms with van der Waals surface area (Å²) in [7, 11) is 0. The number of carbonyl (C=O) groups is 1. The molecule has 0 aromatic carbocycles. The Morgan fingerprint density at radius 2 is 2.00 bits per heavy atom. The van der Waals surface area contributed by atoms with Crippen molar-refractivity contribution in [3.8, 4) is 0 Å². The van der Waals surface area contributed by atoms with Crippen molar-refractivity contribution >= 4 is 5.97 Å². The van der Waals surface area contributed by atoms with Gasteiger partial charge in [-0.2, -0.15) is 0 Å². The Hall–Kier alpha value is 0.350. The molecule has 0 aliphatic rings. The second-order valence-corrected chi connectivity index (χ2v) is 0.902. The van der Waals surface area contributed by atoms with Crippen molar-refractivity contribution in [3.63, 3.8) is 0 Å². The van der Waals surface area contributed by atoms with Gasteiger partial charge < -0.3 is 9.90 Å². The molecule has 0 amide bonds. The first kappa shape index (κ1) is 11.2. The SMILES string of the molecule is O=C([O-])CN(O)O.[Na+]. The van der Waals surface area contributed by atoms with Gasteiger partial charge in [0, 0.05) is 0 Å². The quantitative estimate of drug-likeness (QED) is 0.287. The van der Waals surface area contributed by atoms with Crippen LogP contribution >= 0.6 is 0 Å². The Balaban J connectivity index is 0. The van der Waals surface area contributed by atoms with E-state index in [1.54, 1.807) is 0 Å². The van der Waals surface area contributed by atoms with Gasteiger partial charge in [-0.05, 0) is 0 Å². The van der Waals surface area contributed by atoms with Crippen molar-refractivity contribution in [1.29, 1.82) is 0 Å². The fourth-order valence-corrected chi connectivity index (χ4v) is 0.115. The van der Waals surface area contributed by atoms with Gasteiger partial charge in [0.15, 0.2) is 0 Å². The standard InChI is InChI=1S/C2H5NO4.Na/c4-2(5)1-3(6)7;/h6-7H,1H2,(H,4,5);/q;+1/p-1. The Morgan fingerprint density at radius 3 is 2.00 bits per heavy atom. The molecular weight excluding hydrogens is 125 g/mol. The van der Waals surface area contributed by atoms with Crippen LogP contribution < -0.4 is 34.7 Å². The minimum atomic E-state index is -1.54. The zero-order valence-electron chi connectivity index (χ0n) is 4.37. The third kappa shape index (κ3) is 9.61. The molecule has 0 unspecified atom stereocenters. The number of aliphatic carboxylic acids is 1. The summed E-state index contributed by atoms with van der Waals surface area (Å²) in [4.78, 5) is 9.34. The normalized spacial score (nSPS) is 8.38. The van der Waals surface area contributed by atoms with Gasteiger partial charge in [-0.1, -0.05) is 5.23 Å². The van der Waals surface area contributed by atoms with E-state index >= 15 is 0 Å². The number of hydrogen-bond donors (Lipinski definition) is 2. The second-order valence-electron chi connectivity index (χ2n) is 0.902. The smallest absolute Gasteiger partial charge is 0.549 e. The average molecular weight is 129 g/mol. The van der Waals surface area contributed by atoms with Crippen LogP contribution in [0.3, 0.4) is 0 Å². The second kappa shape index (κ2) is 5.49. The summed E-state index contributed by atoms with van der Waals surface area (Å²) >= 11 is 0. The molecule has 8 heavy (non-hydrogen) atoms. The summed E-state index contributed by atoms with van der Waals surface area (Å²) < 4.78 is 0. The molecule has 6 heteroatoms. The van der Waals surface area contributed by atoms with E-state index in [0.29, 0.717) is 0 Å². The van der Waals surface area contributed by atoms with Crippen molar-refractivity contribution in [1.82, 2.24) is 5.23 Å². The first-order chi connectivity index (χ1) is 3.13. The first-order valence-corrected chi connectivity index (χ1v) is 1.48. The van der Waals surface area contributed by atoms with Crippen LogP contribution in [0.4, 0.5) is 0 Å². The number of carbonyl (C=O) groups excluding carboxylic acids is 1. The van der Waals surface area contributed by atoms with Crippen LogP contribution in [0, 0.1) is 0 Å². The molecule has 0 bridgehead atoms. The van der Waals surface area contributed by atoms with Crippen LogP contribution in [0.15, 0.2) is 0 Å². The van der Waals surface area contributed by atoms with Gasteiger partial charge in [-0.15, -0.1) is 0 Å². The van der Waals surface area contributed by atoms with Crippen LogP contribution in [0.5, 0.6) is 0 Å². The minimum absolute atomic E-state index is 0. The van der Waals surface area contributed by atoms with Gasteiger partial charge in [-0.25, -0.2) is 0 Å².